The summed E-state index contributed by atoms with van der Waals surface area (Å²) in [5, 5.41) is 10.6. The number of benzene rings is 1. The van der Waals surface area contributed by atoms with Gasteiger partial charge in [-0.15, -0.1) is 0 Å². The van der Waals surface area contributed by atoms with Crippen molar-refractivity contribution in [3.63, 3.8) is 0 Å². The Bertz CT molecular complexity index is 567. The molecule has 3 rings (SSSR count). The maximum Gasteiger partial charge on any atom is 0.332 e. The van der Waals surface area contributed by atoms with E-state index in [9.17, 15) is 14.7 Å². The molecule has 5 nitrogen and oxygen atoms in total. The Morgan fingerprint density at radius 2 is 1.77 bits per heavy atom. The molecule has 5 heteroatoms. The lowest BCUT2D eigenvalue weighted by Gasteiger charge is -2.34. The molecular formula is C17H22N2O3. The summed E-state index contributed by atoms with van der Waals surface area (Å²) in [6, 6.07) is 8.35. The molecule has 1 heterocycles. The molecule has 1 saturated carbocycles. The fraction of sp³-hybridized carbons (Fsp3) is 0.529. The molecule has 0 bridgehead atoms. The minimum Gasteiger partial charge on any atom is -0.388 e. The molecule has 1 aliphatic heterocycles. The standard InChI is InChI=1S/C17H22N2O3/c1-13-15(20)18(12-17(22)10-6-3-7-11-17)16(21)19(13)14-8-4-2-5-9-14/h2,4-5,8-9,13,22H,3,6-7,10-12H2,1H3/t13-/m0/s1. The highest BCUT2D eigenvalue weighted by molar-refractivity contribution is 6.14. The van der Waals surface area contributed by atoms with Gasteiger partial charge in [-0.2, -0.15) is 0 Å². The first-order valence-electron chi connectivity index (χ1n) is 7.94. The van der Waals surface area contributed by atoms with Gasteiger partial charge in [0, 0.05) is 5.69 Å². The molecule has 118 valence electrons. The van der Waals surface area contributed by atoms with Crippen LogP contribution in [0.5, 0.6) is 0 Å². The van der Waals surface area contributed by atoms with E-state index in [0.29, 0.717) is 18.5 Å². The highest BCUT2D eigenvalue weighted by Crippen LogP contribution is 2.32. The fourth-order valence-electron chi connectivity index (χ4n) is 3.46. The average Bonchev–Trinajstić information content (AvgIpc) is 2.72. The van der Waals surface area contributed by atoms with Crippen LogP contribution in [0.25, 0.3) is 0 Å². The molecule has 1 N–H and O–H groups in total. The average molecular weight is 302 g/mol. The van der Waals surface area contributed by atoms with E-state index in [1.54, 1.807) is 6.92 Å². The molecular weight excluding hydrogens is 280 g/mol. The van der Waals surface area contributed by atoms with Crippen LogP contribution in [-0.2, 0) is 4.79 Å². The number of nitrogens with zero attached hydrogens (tertiary/aromatic N) is 2. The van der Waals surface area contributed by atoms with Crippen molar-refractivity contribution in [1.82, 2.24) is 4.90 Å². The van der Waals surface area contributed by atoms with Crippen molar-refractivity contribution in [1.29, 1.82) is 0 Å². The van der Waals surface area contributed by atoms with Gasteiger partial charge in [-0.05, 0) is 31.9 Å². The molecule has 1 aromatic rings. The van der Waals surface area contributed by atoms with E-state index in [2.05, 4.69) is 0 Å². The van der Waals surface area contributed by atoms with E-state index >= 15 is 0 Å². The maximum atomic E-state index is 12.7. The van der Waals surface area contributed by atoms with Crippen molar-refractivity contribution in [2.75, 3.05) is 11.4 Å². The van der Waals surface area contributed by atoms with E-state index in [-0.39, 0.29) is 18.5 Å². The number of carbonyl (C=O) groups excluding carboxylic acids is 2. The van der Waals surface area contributed by atoms with E-state index in [1.165, 1.54) is 9.80 Å². The molecule has 1 atom stereocenters. The SMILES string of the molecule is C[C@H]1C(=O)N(CC2(O)CCCCC2)C(=O)N1c1ccccc1. The molecule has 2 fully saturated rings. The molecule has 1 aromatic carbocycles. The lowest BCUT2D eigenvalue weighted by molar-refractivity contribution is -0.130. The summed E-state index contributed by atoms with van der Waals surface area (Å²) in [6.45, 7) is 1.84. The van der Waals surface area contributed by atoms with Gasteiger partial charge >= 0.3 is 6.03 Å². The molecule has 1 aliphatic carbocycles. The van der Waals surface area contributed by atoms with Crippen molar-refractivity contribution < 1.29 is 14.7 Å². The van der Waals surface area contributed by atoms with Crippen LogP contribution in [0.1, 0.15) is 39.0 Å². The Kier molecular flexibility index (Phi) is 3.91. The third-order valence-electron chi connectivity index (χ3n) is 4.72. The zero-order valence-electron chi connectivity index (χ0n) is 12.9. The predicted octanol–water partition coefficient (Wildman–Crippen LogP) is 2.54. The molecule has 3 amide bonds. The van der Waals surface area contributed by atoms with Crippen LogP contribution >= 0.6 is 0 Å². The van der Waals surface area contributed by atoms with Crippen LogP contribution in [0.3, 0.4) is 0 Å². The van der Waals surface area contributed by atoms with Crippen molar-refractivity contribution in [3.05, 3.63) is 30.3 Å². The summed E-state index contributed by atoms with van der Waals surface area (Å²) >= 11 is 0. The van der Waals surface area contributed by atoms with Gasteiger partial charge in [0.25, 0.3) is 5.91 Å². The Morgan fingerprint density at radius 3 is 2.41 bits per heavy atom. The zero-order chi connectivity index (χ0) is 15.7. The summed E-state index contributed by atoms with van der Waals surface area (Å²) < 4.78 is 0. The summed E-state index contributed by atoms with van der Waals surface area (Å²) in [7, 11) is 0. The van der Waals surface area contributed by atoms with Gasteiger partial charge in [0.2, 0.25) is 0 Å². The molecule has 22 heavy (non-hydrogen) atoms. The van der Waals surface area contributed by atoms with Gasteiger partial charge in [-0.1, -0.05) is 37.5 Å². The number of para-hydroxylation sites is 1. The number of carbonyl (C=O) groups is 2. The molecule has 2 aliphatic rings. The summed E-state index contributed by atoms with van der Waals surface area (Å²) in [5.74, 6) is -0.229. The first-order valence-corrected chi connectivity index (χ1v) is 7.94. The molecule has 1 saturated heterocycles. The van der Waals surface area contributed by atoms with Crippen LogP contribution in [0.2, 0.25) is 0 Å². The van der Waals surface area contributed by atoms with E-state index in [4.69, 9.17) is 0 Å². The topological polar surface area (TPSA) is 60.9 Å². The lowest BCUT2D eigenvalue weighted by atomic mass is 9.84. The van der Waals surface area contributed by atoms with Crippen molar-refractivity contribution >= 4 is 17.6 Å². The number of hydrogen-bond acceptors (Lipinski definition) is 3. The van der Waals surface area contributed by atoms with Gasteiger partial charge in [0.05, 0.1) is 12.1 Å². The molecule has 0 radical (unpaired) electrons. The van der Waals surface area contributed by atoms with Gasteiger partial charge in [-0.25, -0.2) is 4.79 Å². The monoisotopic (exact) mass is 302 g/mol. The first kappa shape index (κ1) is 15.0. The van der Waals surface area contributed by atoms with Gasteiger partial charge in [-0.3, -0.25) is 14.6 Å². The largest absolute Gasteiger partial charge is 0.388 e. The Balaban J connectivity index is 1.81. The minimum atomic E-state index is -0.921. The second-order valence-electron chi connectivity index (χ2n) is 6.37. The molecule has 0 aromatic heterocycles. The zero-order valence-corrected chi connectivity index (χ0v) is 12.9. The Labute approximate surface area is 130 Å². The van der Waals surface area contributed by atoms with E-state index in [0.717, 1.165) is 19.3 Å². The van der Waals surface area contributed by atoms with Crippen molar-refractivity contribution in [3.8, 4) is 0 Å². The third kappa shape index (κ3) is 2.61. The van der Waals surface area contributed by atoms with Gasteiger partial charge in [0.1, 0.15) is 6.04 Å². The number of aliphatic hydroxyl groups is 1. The summed E-state index contributed by atoms with van der Waals surface area (Å²) in [6.07, 6.45) is 4.32. The lowest BCUT2D eigenvalue weighted by Crippen LogP contribution is -2.47. The number of β-amino-alcohol motifs (C(OH)–C–C–N with tert-alkyl or cyclic N) is 1. The third-order valence-corrected chi connectivity index (χ3v) is 4.72. The van der Waals surface area contributed by atoms with Crippen LogP contribution in [-0.4, -0.2) is 40.1 Å². The number of urea groups is 1. The second-order valence-corrected chi connectivity index (χ2v) is 6.37. The van der Waals surface area contributed by atoms with Crippen LogP contribution in [0.4, 0.5) is 10.5 Å². The normalized spacial score (nSPS) is 24.9. The number of rotatable bonds is 3. The van der Waals surface area contributed by atoms with Gasteiger partial charge < -0.3 is 5.11 Å². The Morgan fingerprint density at radius 1 is 1.14 bits per heavy atom. The number of anilines is 1. The predicted molar refractivity (Wildman–Crippen MR) is 83.5 cm³/mol. The number of hydrogen-bond donors (Lipinski definition) is 1. The van der Waals surface area contributed by atoms with E-state index < -0.39 is 11.6 Å². The van der Waals surface area contributed by atoms with Crippen molar-refractivity contribution in [2.45, 2.75) is 50.7 Å². The van der Waals surface area contributed by atoms with Crippen LogP contribution in [0.15, 0.2) is 30.3 Å². The highest BCUT2D eigenvalue weighted by atomic mass is 16.3. The Hall–Kier alpha value is -1.88. The second kappa shape index (κ2) is 5.72. The molecule has 0 spiro atoms. The number of imide groups is 1. The fourth-order valence-corrected chi connectivity index (χ4v) is 3.46. The van der Waals surface area contributed by atoms with Crippen LogP contribution in [0, 0.1) is 0 Å². The smallest absolute Gasteiger partial charge is 0.332 e. The minimum absolute atomic E-state index is 0.109. The summed E-state index contributed by atoms with van der Waals surface area (Å²) in [5.41, 5.74) is -0.206. The number of amides is 3. The summed E-state index contributed by atoms with van der Waals surface area (Å²) in [4.78, 5) is 27.9. The van der Waals surface area contributed by atoms with Crippen molar-refractivity contribution in [2.24, 2.45) is 0 Å². The first-order chi connectivity index (χ1) is 10.5. The van der Waals surface area contributed by atoms with Crippen LogP contribution < -0.4 is 4.90 Å². The quantitative estimate of drug-likeness (QED) is 0.873. The molecule has 0 unspecified atom stereocenters. The highest BCUT2D eigenvalue weighted by Gasteiger charge is 2.46. The van der Waals surface area contributed by atoms with E-state index in [1.807, 2.05) is 30.3 Å². The van der Waals surface area contributed by atoms with Gasteiger partial charge in [0.15, 0.2) is 0 Å². The maximum absolute atomic E-state index is 12.7.